The number of alkyl halides is 6. The van der Waals surface area contributed by atoms with Crippen molar-refractivity contribution in [3.05, 3.63) is 52.3 Å². The lowest BCUT2D eigenvalue weighted by Gasteiger charge is -2.13. The Morgan fingerprint density at radius 2 is 1.68 bits per heavy atom. The molecular weight excluding hydrogens is 383 g/mol. The molecule has 0 aliphatic heterocycles. The number of carbonyl (C=O) groups excluding carboxylic acids is 1. The van der Waals surface area contributed by atoms with Gasteiger partial charge < -0.3 is 5.32 Å². The molecule has 0 saturated carbocycles. The third kappa shape index (κ3) is 4.56. The second kappa shape index (κ2) is 6.47. The topological polar surface area (TPSA) is 54.9 Å². The summed E-state index contributed by atoms with van der Waals surface area (Å²) in [5.74, 6) is -2.82. The Kier molecular flexibility index (Phi) is 4.89. The summed E-state index contributed by atoms with van der Waals surface area (Å²) in [5.41, 5.74) is -4.89. The van der Waals surface area contributed by atoms with Crippen LogP contribution >= 0.6 is 11.6 Å². The number of anilines is 1. The van der Waals surface area contributed by atoms with Gasteiger partial charge in [0.05, 0.1) is 11.1 Å². The number of nitrogens with zero attached hydrogens (tertiary/aromatic N) is 2. The van der Waals surface area contributed by atoms with Crippen LogP contribution in [0.25, 0.3) is 0 Å². The van der Waals surface area contributed by atoms with Gasteiger partial charge in [-0.05, 0) is 29.8 Å². The molecule has 0 fully saturated rings. The fraction of sp³-hybridized carbons (Fsp3) is 0.154. The van der Waals surface area contributed by atoms with Crippen LogP contribution in [0.1, 0.15) is 21.6 Å². The van der Waals surface area contributed by atoms with Crippen molar-refractivity contribution in [1.29, 1.82) is 0 Å². The van der Waals surface area contributed by atoms with Crippen LogP contribution in [0.15, 0.2) is 24.4 Å². The Morgan fingerprint density at radius 3 is 2.24 bits per heavy atom. The van der Waals surface area contributed by atoms with Gasteiger partial charge in [0.2, 0.25) is 5.28 Å². The van der Waals surface area contributed by atoms with Crippen molar-refractivity contribution in [1.82, 2.24) is 9.97 Å². The summed E-state index contributed by atoms with van der Waals surface area (Å²) in [4.78, 5) is 18.1. The van der Waals surface area contributed by atoms with E-state index in [-0.39, 0.29) is 6.07 Å². The van der Waals surface area contributed by atoms with Gasteiger partial charge in [0.1, 0.15) is 5.82 Å². The predicted molar refractivity (Wildman–Crippen MR) is 71.4 cm³/mol. The first-order valence-electron chi connectivity index (χ1n) is 6.17. The maximum Gasteiger partial charge on any atom is 0.434 e. The number of aromatic nitrogens is 2. The molecule has 2 aromatic rings. The van der Waals surface area contributed by atoms with E-state index >= 15 is 0 Å². The van der Waals surface area contributed by atoms with Crippen LogP contribution in [0.3, 0.4) is 0 Å². The van der Waals surface area contributed by atoms with Crippen molar-refractivity contribution in [2.75, 3.05) is 5.32 Å². The highest BCUT2D eigenvalue weighted by Crippen LogP contribution is 2.33. The van der Waals surface area contributed by atoms with E-state index in [0.29, 0.717) is 18.3 Å². The van der Waals surface area contributed by atoms with Crippen molar-refractivity contribution in [2.45, 2.75) is 12.4 Å². The van der Waals surface area contributed by atoms with Gasteiger partial charge in [-0.3, -0.25) is 4.79 Å². The largest absolute Gasteiger partial charge is 0.434 e. The first-order chi connectivity index (χ1) is 11.4. The zero-order chi connectivity index (χ0) is 19.0. The second-order valence-electron chi connectivity index (χ2n) is 4.58. The Balaban J connectivity index is 2.40. The summed E-state index contributed by atoms with van der Waals surface area (Å²) in [6.45, 7) is 0. The van der Waals surface area contributed by atoms with E-state index in [1.807, 2.05) is 0 Å². The lowest BCUT2D eigenvalue weighted by Crippen LogP contribution is -2.21. The zero-order valence-corrected chi connectivity index (χ0v) is 12.4. The van der Waals surface area contributed by atoms with Gasteiger partial charge in [-0.2, -0.15) is 26.3 Å². The summed E-state index contributed by atoms with van der Waals surface area (Å²) in [6, 6.07) is 1.05. The molecule has 0 unspecified atom stereocenters. The number of amides is 1. The fourth-order valence-corrected chi connectivity index (χ4v) is 1.90. The molecule has 0 atom stereocenters. The summed E-state index contributed by atoms with van der Waals surface area (Å²) >= 11 is 5.25. The highest BCUT2D eigenvalue weighted by molar-refractivity contribution is 6.28. The Morgan fingerprint density at radius 1 is 1.04 bits per heavy atom. The highest BCUT2D eigenvalue weighted by Gasteiger charge is 2.38. The van der Waals surface area contributed by atoms with Crippen molar-refractivity contribution in [3.8, 4) is 0 Å². The zero-order valence-electron chi connectivity index (χ0n) is 11.6. The molecule has 1 N–H and O–H groups in total. The van der Waals surface area contributed by atoms with Crippen LogP contribution in [0, 0.1) is 5.82 Å². The van der Waals surface area contributed by atoms with Gasteiger partial charge in [-0.15, -0.1) is 0 Å². The van der Waals surface area contributed by atoms with E-state index in [0.717, 1.165) is 0 Å². The maximum absolute atomic E-state index is 13.3. The summed E-state index contributed by atoms with van der Waals surface area (Å²) in [7, 11) is 0. The lowest BCUT2D eigenvalue weighted by molar-refractivity contribution is -0.141. The van der Waals surface area contributed by atoms with Crippen molar-refractivity contribution in [2.24, 2.45) is 0 Å². The Bertz CT molecular complexity index is 820. The maximum atomic E-state index is 13.3. The smallest absolute Gasteiger partial charge is 0.322 e. The third-order valence-electron chi connectivity index (χ3n) is 2.76. The molecule has 4 nitrogen and oxygen atoms in total. The average molecular weight is 388 g/mol. The quantitative estimate of drug-likeness (QED) is 0.607. The van der Waals surface area contributed by atoms with Crippen LogP contribution in [-0.2, 0) is 12.4 Å². The van der Waals surface area contributed by atoms with E-state index < -0.39 is 51.9 Å². The molecule has 25 heavy (non-hydrogen) atoms. The molecule has 1 amide bonds. The van der Waals surface area contributed by atoms with Crippen LogP contribution < -0.4 is 5.32 Å². The number of hydrogen-bond donors (Lipinski definition) is 1. The molecule has 0 radical (unpaired) electrons. The van der Waals surface area contributed by atoms with Crippen molar-refractivity contribution >= 4 is 23.2 Å². The molecule has 0 bridgehead atoms. The average Bonchev–Trinajstić information content (AvgIpc) is 2.44. The van der Waals surface area contributed by atoms with Gasteiger partial charge in [-0.1, -0.05) is 0 Å². The predicted octanol–water partition coefficient (Wildman–Crippen LogP) is 4.56. The number of halogens is 8. The van der Waals surface area contributed by atoms with E-state index in [1.165, 1.54) is 0 Å². The van der Waals surface area contributed by atoms with Gasteiger partial charge >= 0.3 is 12.4 Å². The van der Waals surface area contributed by atoms with Gasteiger partial charge in [-0.25, -0.2) is 14.4 Å². The Hall–Kier alpha value is -2.43. The van der Waals surface area contributed by atoms with Gasteiger partial charge in [0, 0.05) is 11.9 Å². The van der Waals surface area contributed by atoms with Crippen LogP contribution in [0.5, 0.6) is 0 Å². The molecular formula is C13H5ClF7N3O. The van der Waals surface area contributed by atoms with Crippen LogP contribution in [0.4, 0.5) is 36.4 Å². The molecule has 2 rings (SSSR count). The first-order valence-corrected chi connectivity index (χ1v) is 6.54. The van der Waals surface area contributed by atoms with Crippen LogP contribution in [-0.4, -0.2) is 15.9 Å². The van der Waals surface area contributed by atoms with E-state index in [4.69, 9.17) is 11.6 Å². The molecule has 0 saturated heterocycles. The minimum absolute atomic E-state index is 0.169. The second-order valence-corrected chi connectivity index (χ2v) is 4.92. The first kappa shape index (κ1) is 18.9. The SMILES string of the molecule is O=C(Nc1cc(F)cc(C(F)(F)F)c1)c1cnc(Cl)nc1C(F)(F)F. The van der Waals surface area contributed by atoms with E-state index in [1.54, 1.807) is 5.32 Å². The molecule has 134 valence electrons. The number of benzene rings is 1. The molecule has 0 aliphatic carbocycles. The standard InChI is InChI=1S/C13H5ClF7N3O/c14-11-22-4-8(9(24-11)13(19,20)21)10(25)23-7-2-5(12(16,17)18)1-6(15)3-7/h1-4H,(H,23,25). The van der Waals surface area contributed by atoms with Gasteiger partial charge in [0.15, 0.2) is 5.69 Å². The lowest BCUT2D eigenvalue weighted by atomic mass is 10.1. The van der Waals surface area contributed by atoms with Crippen molar-refractivity contribution in [3.63, 3.8) is 0 Å². The van der Waals surface area contributed by atoms with Crippen LogP contribution in [0.2, 0.25) is 5.28 Å². The van der Waals surface area contributed by atoms with Gasteiger partial charge in [0.25, 0.3) is 5.91 Å². The Labute approximate surface area is 139 Å². The fourth-order valence-electron chi connectivity index (χ4n) is 1.77. The summed E-state index contributed by atoms with van der Waals surface area (Å²) in [5, 5.41) is 0.958. The number of rotatable bonds is 2. The highest BCUT2D eigenvalue weighted by atomic mass is 35.5. The number of carbonyl (C=O) groups is 1. The number of nitrogens with one attached hydrogen (secondary N) is 1. The molecule has 12 heteroatoms. The molecule has 1 aromatic heterocycles. The molecule has 1 heterocycles. The minimum atomic E-state index is -5.07. The van der Waals surface area contributed by atoms with Crippen molar-refractivity contribution < 1.29 is 35.5 Å². The monoisotopic (exact) mass is 387 g/mol. The summed E-state index contributed by atoms with van der Waals surface area (Å²) in [6.07, 6.45) is -9.53. The third-order valence-corrected chi connectivity index (χ3v) is 2.94. The summed E-state index contributed by atoms with van der Waals surface area (Å²) < 4.78 is 89.7. The number of hydrogen-bond acceptors (Lipinski definition) is 3. The normalized spacial score (nSPS) is 12.2. The van der Waals surface area contributed by atoms with E-state index in [2.05, 4.69) is 9.97 Å². The van der Waals surface area contributed by atoms with E-state index in [9.17, 15) is 35.5 Å². The minimum Gasteiger partial charge on any atom is -0.322 e. The molecule has 0 aliphatic rings. The molecule has 0 spiro atoms. The molecule has 1 aromatic carbocycles.